The van der Waals surface area contributed by atoms with Crippen LogP contribution in [-0.2, 0) is 11.3 Å². The van der Waals surface area contributed by atoms with E-state index in [1.165, 1.54) is 0 Å². The van der Waals surface area contributed by atoms with Crippen LogP contribution in [0.2, 0.25) is 0 Å². The molecule has 1 N–H and O–H groups in total. The van der Waals surface area contributed by atoms with E-state index in [9.17, 15) is 22.4 Å². The molecule has 3 aromatic rings. The third-order valence-corrected chi connectivity index (χ3v) is 3.15. The highest BCUT2D eigenvalue weighted by molar-refractivity contribution is 5.90. The van der Waals surface area contributed by atoms with Gasteiger partial charge in [-0.3, -0.25) is 4.79 Å². The maximum Gasteiger partial charge on any atom is 0.248 e. The number of hydrogen-bond donors (Lipinski definition) is 1. The van der Waals surface area contributed by atoms with Gasteiger partial charge in [0, 0.05) is 11.6 Å². The van der Waals surface area contributed by atoms with Gasteiger partial charge >= 0.3 is 0 Å². The second-order valence-electron chi connectivity index (χ2n) is 4.90. The lowest BCUT2D eigenvalue weighted by Gasteiger charge is -2.08. The Hall–Kier alpha value is -3.30. The molecule has 3 rings (SSSR count). The maximum atomic E-state index is 13.5. The number of nitrogens with one attached hydrogen (secondary N) is 1. The average Bonchev–Trinajstić information content (AvgIpc) is 3.06. The summed E-state index contributed by atoms with van der Waals surface area (Å²) in [6.45, 7) is -0.559. The first-order chi connectivity index (χ1) is 12.0. The molecule has 0 aliphatic carbocycles. The second kappa shape index (κ2) is 6.67. The van der Waals surface area contributed by atoms with Crippen molar-refractivity contribution in [3.05, 3.63) is 59.7 Å². The molecule has 1 amide bonds. The SMILES string of the molecule is O=C(Cn1nnc(-c2ccccc2)n1)Nc1c(F)c(F)cc(F)c1F. The monoisotopic (exact) mass is 351 g/mol. The normalized spacial score (nSPS) is 10.7. The van der Waals surface area contributed by atoms with Crippen LogP contribution in [-0.4, -0.2) is 26.1 Å². The van der Waals surface area contributed by atoms with Crippen molar-refractivity contribution in [1.82, 2.24) is 20.2 Å². The van der Waals surface area contributed by atoms with Crippen LogP contribution >= 0.6 is 0 Å². The Morgan fingerprint density at radius 1 is 1.04 bits per heavy atom. The minimum Gasteiger partial charge on any atom is -0.319 e. The quantitative estimate of drug-likeness (QED) is 0.579. The van der Waals surface area contributed by atoms with Gasteiger partial charge in [-0.1, -0.05) is 30.3 Å². The molecule has 25 heavy (non-hydrogen) atoms. The smallest absolute Gasteiger partial charge is 0.248 e. The molecule has 128 valence electrons. The van der Waals surface area contributed by atoms with E-state index >= 15 is 0 Å². The summed E-state index contributed by atoms with van der Waals surface area (Å²) in [4.78, 5) is 12.7. The Balaban J connectivity index is 1.75. The molecule has 1 heterocycles. The largest absolute Gasteiger partial charge is 0.319 e. The topological polar surface area (TPSA) is 72.7 Å². The molecule has 0 unspecified atom stereocenters. The van der Waals surface area contributed by atoms with E-state index in [2.05, 4.69) is 15.4 Å². The summed E-state index contributed by atoms with van der Waals surface area (Å²) in [5.74, 6) is -7.41. The van der Waals surface area contributed by atoms with Gasteiger partial charge < -0.3 is 5.32 Å². The molecule has 1 aromatic heterocycles. The lowest BCUT2D eigenvalue weighted by molar-refractivity contribution is -0.117. The first-order valence-electron chi connectivity index (χ1n) is 6.92. The van der Waals surface area contributed by atoms with Crippen molar-refractivity contribution in [2.45, 2.75) is 6.54 Å². The number of carbonyl (C=O) groups excluding carboxylic acids is 1. The van der Waals surface area contributed by atoms with Gasteiger partial charge in [0.15, 0.2) is 23.3 Å². The van der Waals surface area contributed by atoms with Crippen molar-refractivity contribution in [3.8, 4) is 11.4 Å². The number of aromatic nitrogens is 4. The number of anilines is 1. The van der Waals surface area contributed by atoms with Crippen molar-refractivity contribution < 1.29 is 22.4 Å². The number of halogens is 4. The Kier molecular flexibility index (Phi) is 4.42. The third kappa shape index (κ3) is 3.47. The summed E-state index contributed by atoms with van der Waals surface area (Å²) < 4.78 is 53.3. The summed E-state index contributed by atoms with van der Waals surface area (Å²) in [5, 5.41) is 13.1. The molecule has 0 saturated heterocycles. The summed E-state index contributed by atoms with van der Waals surface area (Å²) in [6, 6.07) is 8.80. The van der Waals surface area contributed by atoms with Gasteiger partial charge in [0.25, 0.3) is 0 Å². The Bertz CT molecular complexity index is 903. The molecule has 6 nitrogen and oxygen atoms in total. The van der Waals surface area contributed by atoms with Crippen molar-refractivity contribution in [3.63, 3.8) is 0 Å². The van der Waals surface area contributed by atoms with E-state index < -0.39 is 41.4 Å². The summed E-state index contributed by atoms with van der Waals surface area (Å²) in [7, 11) is 0. The van der Waals surface area contributed by atoms with Crippen molar-refractivity contribution >= 4 is 11.6 Å². The first-order valence-corrected chi connectivity index (χ1v) is 6.92. The summed E-state index contributed by atoms with van der Waals surface area (Å²) >= 11 is 0. The molecule has 0 radical (unpaired) electrons. The second-order valence-corrected chi connectivity index (χ2v) is 4.90. The van der Waals surface area contributed by atoms with Crippen LogP contribution < -0.4 is 5.32 Å². The van der Waals surface area contributed by atoms with E-state index in [0.717, 1.165) is 4.80 Å². The van der Waals surface area contributed by atoms with Crippen molar-refractivity contribution in [2.75, 3.05) is 5.32 Å². The fourth-order valence-corrected chi connectivity index (χ4v) is 2.00. The molecular weight excluding hydrogens is 342 g/mol. The van der Waals surface area contributed by atoms with Crippen LogP contribution in [0.4, 0.5) is 23.2 Å². The molecule has 0 saturated carbocycles. The molecule has 2 aromatic carbocycles. The van der Waals surface area contributed by atoms with E-state index in [-0.39, 0.29) is 11.9 Å². The molecule has 0 aliphatic rings. The summed E-state index contributed by atoms with van der Waals surface area (Å²) in [5.41, 5.74) is -0.565. The van der Waals surface area contributed by atoms with E-state index in [4.69, 9.17) is 0 Å². The molecule has 10 heteroatoms. The number of amides is 1. The van der Waals surface area contributed by atoms with Gasteiger partial charge in [-0.25, -0.2) is 17.6 Å². The van der Waals surface area contributed by atoms with Crippen LogP contribution in [0, 0.1) is 23.3 Å². The maximum absolute atomic E-state index is 13.5. The number of rotatable bonds is 4. The van der Waals surface area contributed by atoms with Crippen LogP contribution in [0.5, 0.6) is 0 Å². The van der Waals surface area contributed by atoms with Crippen molar-refractivity contribution in [2.24, 2.45) is 0 Å². The fourth-order valence-electron chi connectivity index (χ4n) is 2.00. The van der Waals surface area contributed by atoms with Crippen LogP contribution in [0.25, 0.3) is 11.4 Å². The molecular formula is C15H9F4N5O. The number of benzene rings is 2. The fraction of sp³-hybridized carbons (Fsp3) is 0.0667. The Morgan fingerprint density at radius 2 is 1.68 bits per heavy atom. The van der Waals surface area contributed by atoms with E-state index in [1.807, 2.05) is 0 Å². The van der Waals surface area contributed by atoms with Crippen molar-refractivity contribution in [1.29, 1.82) is 0 Å². The van der Waals surface area contributed by atoms with Gasteiger partial charge in [0.1, 0.15) is 12.2 Å². The standard InChI is InChI=1S/C15H9F4N5O/c16-9-6-10(17)13(19)14(12(9)18)20-11(25)7-24-22-15(21-23-24)8-4-2-1-3-5-8/h1-6H,7H2,(H,20,25). The van der Waals surface area contributed by atoms with Gasteiger partial charge in [0.05, 0.1) is 0 Å². The zero-order valence-electron chi connectivity index (χ0n) is 12.4. The first kappa shape index (κ1) is 16.6. The minimum atomic E-state index is -1.70. The molecule has 0 bridgehead atoms. The van der Waals surface area contributed by atoms with Gasteiger partial charge in [0.2, 0.25) is 11.7 Å². The van der Waals surface area contributed by atoms with Crippen LogP contribution in [0.3, 0.4) is 0 Å². The van der Waals surface area contributed by atoms with Gasteiger partial charge in [-0.15, -0.1) is 10.2 Å². The predicted molar refractivity (Wildman–Crippen MR) is 78.2 cm³/mol. The predicted octanol–water partition coefficient (Wildman–Crippen LogP) is 2.54. The Labute approximate surface area is 138 Å². The number of carbonyl (C=O) groups is 1. The number of hydrogen-bond acceptors (Lipinski definition) is 4. The van der Waals surface area contributed by atoms with Crippen LogP contribution in [0.1, 0.15) is 0 Å². The molecule has 0 atom stereocenters. The molecule has 0 fully saturated rings. The van der Waals surface area contributed by atoms with E-state index in [1.54, 1.807) is 35.6 Å². The zero-order chi connectivity index (χ0) is 18.0. The third-order valence-electron chi connectivity index (χ3n) is 3.15. The lowest BCUT2D eigenvalue weighted by Crippen LogP contribution is -2.22. The van der Waals surface area contributed by atoms with Gasteiger partial charge in [-0.05, 0) is 5.21 Å². The minimum absolute atomic E-state index is 0.0471. The Morgan fingerprint density at radius 3 is 2.32 bits per heavy atom. The molecule has 0 aliphatic heterocycles. The highest BCUT2D eigenvalue weighted by atomic mass is 19.2. The highest BCUT2D eigenvalue weighted by Gasteiger charge is 2.21. The number of nitrogens with zero attached hydrogens (tertiary/aromatic N) is 4. The zero-order valence-corrected chi connectivity index (χ0v) is 12.4. The summed E-state index contributed by atoms with van der Waals surface area (Å²) in [6.07, 6.45) is 0. The van der Waals surface area contributed by atoms with E-state index in [0.29, 0.717) is 5.56 Å². The average molecular weight is 351 g/mol. The highest BCUT2D eigenvalue weighted by Crippen LogP contribution is 2.24. The lowest BCUT2D eigenvalue weighted by atomic mass is 10.2. The van der Waals surface area contributed by atoms with Gasteiger partial charge in [-0.2, -0.15) is 4.80 Å². The number of tetrazole rings is 1. The van der Waals surface area contributed by atoms with Crippen LogP contribution in [0.15, 0.2) is 36.4 Å². The molecule has 0 spiro atoms.